The maximum atomic E-state index is 13.5. The Kier molecular flexibility index (Phi) is 6.93. The number of unbranched alkanes of at least 4 members (excludes halogenated alkanes) is 2. The van der Waals surface area contributed by atoms with Crippen LogP contribution in [0, 0.1) is 12.7 Å². The minimum Gasteiger partial charge on any atom is -0.466 e. The minimum atomic E-state index is -0.216. The van der Waals surface area contributed by atoms with Crippen LogP contribution in [0.2, 0.25) is 0 Å². The number of carbonyl (C=O) groups excluding carboxylic acids is 1. The number of benzene rings is 1. The lowest BCUT2D eigenvalue weighted by Crippen LogP contribution is -2.05. The third-order valence-electron chi connectivity index (χ3n) is 2.80. The van der Waals surface area contributed by atoms with E-state index >= 15 is 0 Å². The third-order valence-corrected chi connectivity index (χ3v) is 2.80. The second-order valence-electron chi connectivity index (χ2n) is 4.53. The molecule has 0 radical (unpaired) electrons. The fraction of sp³-hybridized carbons (Fsp3) is 0.533. The topological polar surface area (TPSA) is 38.3 Å². The summed E-state index contributed by atoms with van der Waals surface area (Å²) in [6.07, 6.45) is 3.12. The van der Waals surface area contributed by atoms with Crippen LogP contribution in [0.3, 0.4) is 0 Å². The van der Waals surface area contributed by atoms with Crippen LogP contribution in [0.15, 0.2) is 18.2 Å². The van der Waals surface area contributed by atoms with Gasteiger partial charge >= 0.3 is 5.97 Å². The number of esters is 1. The molecule has 0 amide bonds. The molecule has 0 aliphatic carbocycles. The Balaban J connectivity index is 2.12. The first-order valence-electron chi connectivity index (χ1n) is 6.79. The van der Waals surface area contributed by atoms with E-state index in [1.54, 1.807) is 13.0 Å². The smallest absolute Gasteiger partial charge is 0.305 e. The van der Waals surface area contributed by atoms with Crippen LogP contribution in [0.25, 0.3) is 0 Å². The van der Waals surface area contributed by atoms with E-state index in [2.05, 4.69) is 5.32 Å². The molecular formula is C15H22FNO2. The molecule has 1 aromatic rings. The molecular weight excluding hydrogens is 245 g/mol. The van der Waals surface area contributed by atoms with Gasteiger partial charge in [-0.25, -0.2) is 4.39 Å². The predicted octanol–water partition coefficient (Wildman–Crippen LogP) is 3.67. The number of halogens is 1. The number of anilines is 1. The van der Waals surface area contributed by atoms with Crippen molar-refractivity contribution in [2.75, 3.05) is 18.5 Å². The molecule has 1 aromatic carbocycles. The summed E-state index contributed by atoms with van der Waals surface area (Å²) in [5.74, 6) is -0.355. The molecule has 0 bridgehead atoms. The van der Waals surface area contributed by atoms with E-state index in [0.29, 0.717) is 25.3 Å². The normalized spacial score (nSPS) is 10.3. The van der Waals surface area contributed by atoms with E-state index in [0.717, 1.165) is 24.8 Å². The van der Waals surface area contributed by atoms with E-state index in [1.165, 1.54) is 6.07 Å². The van der Waals surface area contributed by atoms with Crippen LogP contribution >= 0.6 is 0 Å². The molecule has 0 atom stereocenters. The van der Waals surface area contributed by atoms with Gasteiger partial charge in [-0.05, 0) is 44.4 Å². The number of hydrogen-bond donors (Lipinski definition) is 1. The number of aryl methyl sites for hydroxylation is 1. The number of hydrogen-bond acceptors (Lipinski definition) is 3. The predicted molar refractivity (Wildman–Crippen MR) is 74.7 cm³/mol. The highest BCUT2D eigenvalue weighted by atomic mass is 19.1. The average molecular weight is 267 g/mol. The number of nitrogens with one attached hydrogen (secondary N) is 1. The summed E-state index contributed by atoms with van der Waals surface area (Å²) in [4.78, 5) is 11.1. The van der Waals surface area contributed by atoms with E-state index in [4.69, 9.17) is 4.74 Å². The maximum absolute atomic E-state index is 13.5. The lowest BCUT2D eigenvalue weighted by Gasteiger charge is -2.08. The first-order chi connectivity index (χ1) is 9.13. The van der Waals surface area contributed by atoms with Gasteiger partial charge in [0.15, 0.2) is 0 Å². The molecule has 0 fully saturated rings. The van der Waals surface area contributed by atoms with Gasteiger partial charge in [-0.15, -0.1) is 0 Å². The Morgan fingerprint density at radius 3 is 2.79 bits per heavy atom. The summed E-state index contributed by atoms with van der Waals surface area (Å²) < 4.78 is 18.3. The summed E-state index contributed by atoms with van der Waals surface area (Å²) in [5.41, 5.74) is 1.45. The van der Waals surface area contributed by atoms with Crippen molar-refractivity contribution < 1.29 is 13.9 Å². The third kappa shape index (κ3) is 6.22. The highest BCUT2D eigenvalue weighted by molar-refractivity contribution is 5.69. The van der Waals surface area contributed by atoms with Gasteiger partial charge in [-0.2, -0.15) is 0 Å². The monoisotopic (exact) mass is 267 g/mol. The number of rotatable bonds is 8. The Hall–Kier alpha value is -1.58. The second kappa shape index (κ2) is 8.51. The van der Waals surface area contributed by atoms with Crippen LogP contribution in [-0.4, -0.2) is 19.1 Å². The van der Waals surface area contributed by atoms with Gasteiger partial charge in [0.2, 0.25) is 0 Å². The van der Waals surface area contributed by atoms with Crippen LogP contribution in [0.4, 0.5) is 10.1 Å². The molecule has 106 valence electrons. The lowest BCUT2D eigenvalue weighted by molar-refractivity contribution is -0.143. The Bertz CT molecular complexity index is 407. The zero-order valence-corrected chi connectivity index (χ0v) is 11.7. The summed E-state index contributed by atoms with van der Waals surface area (Å²) >= 11 is 0. The van der Waals surface area contributed by atoms with Crippen molar-refractivity contribution in [3.63, 3.8) is 0 Å². The number of carbonyl (C=O) groups is 1. The largest absolute Gasteiger partial charge is 0.466 e. The molecule has 0 unspecified atom stereocenters. The SMILES string of the molecule is CCOC(=O)CCCCCNc1ccc(C)cc1F. The van der Waals surface area contributed by atoms with Crippen LogP contribution in [-0.2, 0) is 9.53 Å². The van der Waals surface area contributed by atoms with Gasteiger partial charge in [0.05, 0.1) is 12.3 Å². The zero-order chi connectivity index (χ0) is 14.1. The van der Waals surface area contributed by atoms with Gasteiger partial charge < -0.3 is 10.1 Å². The summed E-state index contributed by atoms with van der Waals surface area (Å²) in [7, 11) is 0. The van der Waals surface area contributed by atoms with Crippen molar-refractivity contribution in [3.8, 4) is 0 Å². The van der Waals surface area contributed by atoms with Gasteiger partial charge in [-0.3, -0.25) is 4.79 Å². The average Bonchev–Trinajstić information content (AvgIpc) is 2.36. The van der Waals surface area contributed by atoms with E-state index < -0.39 is 0 Å². The molecule has 1 rings (SSSR count). The number of ether oxygens (including phenoxy) is 1. The quantitative estimate of drug-likeness (QED) is 0.577. The highest BCUT2D eigenvalue weighted by Crippen LogP contribution is 2.15. The molecule has 0 heterocycles. The molecule has 3 nitrogen and oxygen atoms in total. The van der Waals surface area contributed by atoms with Gasteiger partial charge in [-0.1, -0.05) is 12.5 Å². The minimum absolute atomic E-state index is 0.139. The molecule has 0 aliphatic heterocycles. The summed E-state index contributed by atoms with van der Waals surface area (Å²) in [5, 5.41) is 3.06. The second-order valence-corrected chi connectivity index (χ2v) is 4.53. The Labute approximate surface area is 114 Å². The molecule has 19 heavy (non-hydrogen) atoms. The summed E-state index contributed by atoms with van der Waals surface area (Å²) in [6, 6.07) is 5.15. The maximum Gasteiger partial charge on any atom is 0.305 e. The standard InChI is InChI=1S/C15H22FNO2/c1-3-19-15(18)7-5-4-6-10-17-14-9-8-12(2)11-13(14)16/h8-9,11,17H,3-7,10H2,1-2H3. The van der Waals surface area contributed by atoms with Crippen molar-refractivity contribution in [1.29, 1.82) is 0 Å². The molecule has 0 spiro atoms. The van der Waals surface area contributed by atoms with Crippen molar-refractivity contribution in [3.05, 3.63) is 29.6 Å². The van der Waals surface area contributed by atoms with Crippen LogP contribution in [0.5, 0.6) is 0 Å². The Morgan fingerprint density at radius 1 is 1.32 bits per heavy atom. The van der Waals surface area contributed by atoms with Crippen LogP contribution < -0.4 is 5.32 Å². The van der Waals surface area contributed by atoms with Gasteiger partial charge in [0.1, 0.15) is 5.82 Å². The van der Waals surface area contributed by atoms with E-state index in [-0.39, 0.29) is 11.8 Å². The van der Waals surface area contributed by atoms with Crippen molar-refractivity contribution in [1.82, 2.24) is 0 Å². The molecule has 0 saturated heterocycles. The molecule has 1 N–H and O–H groups in total. The fourth-order valence-corrected chi connectivity index (χ4v) is 1.79. The lowest BCUT2D eigenvalue weighted by atomic mass is 10.2. The first kappa shape index (κ1) is 15.5. The van der Waals surface area contributed by atoms with Gasteiger partial charge in [0.25, 0.3) is 0 Å². The van der Waals surface area contributed by atoms with E-state index in [1.807, 2.05) is 13.0 Å². The van der Waals surface area contributed by atoms with Gasteiger partial charge in [0, 0.05) is 13.0 Å². The fourth-order valence-electron chi connectivity index (χ4n) is 1.79. The van der Waals surface area contributed by atoms with Crippen LogP contribution in [0.1, 0.15) is 38.2 Å². The van der Waals surface area contributed by atoms with Crippen molar-refractivity contribution in [2.24, 2.45) is 0 Å². The van der Waals surface area contributed by atoms with Crippen molar-refractivity contribution >= 4 is 11.7 Å². The zero-order valence-electron chi connectivity index (χ0n) is 11.7. The molecule has 0 aromatic heterocycles. The van der Waals surface area contributed by atoms with Crippen molar-refractivity contribution in [2.45, 2.75) is 39.5 Å². The summed E-state index contributed by atoms with van der Waals surface area (Å²) in [6.45, 7) is 4.82. The Morgan fingerprint density at radius 2 is 2.11 bits per heavy atom. The highest BCUT2D eigenvalue weighted by Gasteiger charge is 2.02. The first-order valence-corrected chi connectivity index (χ1v) is 6.79. The van der Waals surface area contributed by atoms with E-state index in [9.17, 15) is 9.18 Å². The molecule has 0 saturated carbocycles. The molecule has 4 heteroatoms. The molecule has 0 aliphatic rings.